The predicted molar refractivity (Wildman–Crippen MR) is 76.1 cm³/mol. The molecule has 1 aliphatic carbocycles. The summed E-state index contributed by atoms with van der Waals surface area (Å²) >= 11 is 0. The van der Waals surface area contributed by atoms with Crippen LogP contribution in [0.3, 0.4) is 0 Å². The highest BCUT2D eigenvalue weighted by molar-refractivity contribution is 5.90. The zero-order valence-electron chi connectivity index (χ0n) is 12.1. The van der Waals surface area contributed by atoms with E-state index in [1.54, 1.807) is 0 Å². The second-order valence-electron chi connectivity index (χ2n) is 6.31. The topological polar surface area (TPSA) is 37.4 Å². The van der Waals surface area contributed by atoms with E-state index in [9.17, 15) is 9.59 Å². The first kappa shape index (κ1) is 14.7. The number of carbonyl (C=O) groups is 2. The van der Waals surface area contributed by atoms with Crippen LogP contribution in [0.4, 0.5) is 0 Å². The van der Waals surface area contributed by atoms with Crippen molar-refractivity contribution in [2.24, 2.45) is 5.92 Å². The lowest BCUT2D eigenvalue weighted by Gasteiger charge is -2.42. The molecule has 0 spiro atoms. The van der Waals surface area contributed by atoms with Crippen molar-refractivity contribution in [3.63, 3.8) is 0 Å². The fourth-order valence-electron chi connectivity index (χ4n) is 3.92. The smallest absolute Gasteiger partial charge is 0.141 e. The zero-order valence-corrected chi connectivity index (χ0v) is 12.1. The van der Waals surface area contributed by atoms with Crippen LogP contribution in [0.5, 0.6) is 0 Å². The van der Waals surface area contributed by atoms with Crippen molar-refractivity contribution in [2.45, 2.75) is 76.8 Å². The molecule has 0 bridgehead atoms. The summed E-state index contributed by atoms with van der Waals surface area (Å²) in [5.41, 5.74) is 0. The van der Waals surface area contributed by atoms with Gasteiger partial charge in [-0.05, 0) is 45.1 Å². The molecule has 3 nitrogen and oxygen atoms in total. The Bertz CT molecular complexity index is 310. The van der Waals surface area contributed by atoms with Gasteiger partial charge in [-0.1, -0.05) is 19.3 Å². The molecule has 0 aromatic rings. The molecule has 2 atom stereocenters. The number of ketones is 1. The molecule has 0 amide bonds. The molecule has 2 unspecified atom stereocenters. The minimum atomic E-state index is 0.103. The van der Waals surface area contributed by atoms with Gasteiger partial charge in [0, 0.05) is 18.5 Å². The van der Waals surface area contributed by atoms with E-state index in [4.69, 9.17) is 0 Å². The molecule has 1 saturated heterocycles. The Morgan fingerprint density at radius 2 is 1.89 bits per heavy atom. The third-order valence-electron chi connectivity index (χ3n) is 4.97. The van der Waals surface area contributed by atoms with Crippen LogP contribution in [-0.4, -0.2) is 35.6 Å². The van der Waals surface area contributed by atoms with Gasteiger partial charge in [-0.2, -0.15) is 0 Å². The van der Waals surface area contributed by atoms with Gasteiger partial charge in [-0.3, -0.25) is 9.69 Å². The fourth-order valence-corrected chi connectivity index (χ4v) is 3.92. The largest absolute Gasteiger partial charge is 0.303 e. The van der Waals surface area contributed by atoms with Crippen LogP contribution in [0, 0.1) is 5.92 Å². The molecule has 2 rings (SSSR count). The average molecular weight is 265 g/mol. The lowest BCUT2D eigenvalue weighted by atomic mass is 9.88. The van der Waals surface area contributed by atoms with Crippen molar-refractivity contribution in [3.8, 4) is 0 Å². The number of hydrogen-bond acceptors (Lipinski definition) is 3. The van der Waals surface area contributed by atoms with E-state index in [1.165, 1.54) is 44.9 Å². The molecule has 1 saturated carbocycles. The van der Waals surface area contributed by atoms with Crippen molar-refractivity contribution in [3.05, 3.63) is 0 Å². The number of hydrogen-bond donors (Lipinski definition) is 0. The maximum absolute atomic E-state index is 11.9. The molecule has 0 N–H and O–H groups in total. The van der Waals surface area contributed by atoms with Crippen molar-refractivity contribution >= 4 is 12.1 Å². The van der Waals surface area contributed by atoms with Gasteiger partial charge in [0.2, 0.25) is 0 Å². The lowest BCUT2D eigenvalue weighted by molar-refractivity contribution is -0.124. The van der Waals surface area contributed by atoms with Crippen molar-refractivity contribution in [1.82, 2.24) is 4.90 Å². The van der Waals surface area contributed by atoms with Gasteiger partial charge < -0.3 is 4.79 Å². The number of likely N-dealkylation sites (tertiary alicyclic amines) is 1. The third kappa shape index (κ3) is 3.88. The Balaban J connectivity index is 2.03. The van der Waals surface area contributed by atoms with Gasteiger partial charge in [0.05, 0.1) is 6.42 Å². The maximum atomic E-state index is 11.9. The van der Waals surface area contributed by atoms with Crippen molar-refractivity contribution in [2.75, 3.05) is 6.54 Å². The average Bonchev–Trinajstić information content (AvgIpc) is 2.91. The molecule has 108 valence electrons. The molecule has 1 aliphatic heterocycles. The quantitative estimate of drug-likeness (QED) is 0.547. The minimum absolute atomic E-state index is 0.103. The first-order chi connectivity index (χ1) is 9.22. The molecule has 0 radical (unpaired) electrons. The standard InChI is InChI=1S/C16H27NO2/c1-13-6-4-5-10-17(13)16(12-15(19)9-11-18)14-7-2-3-8-14/h11,13-14,16H,2-10,12H2,1H3. The summed E-state index contributed by atoms with van der Waals surface area (Å²) in [7, 11) is 0. The van der Waals surface area contributed by atoms with Crippen LogP contribution >= 0.6 is 0 Å². The zero-order chi connectivity index (χ0) is 13.7. The summed E-state index contributed by atoms with van der Waals surface area (Å²) in [6.07, 6.45) is 10.4. The first-order valence-corrected chi connectivity index (χ1v) is 7.93. The summed E-state index contributed by atoms with van der Waals surface area (Å²) in [5.74, 6) is 0.806. The van der Waals surface area contributed by atoms with E-state index >= 15 is 0 Å². The fraction of sp³-hybridized carbons (Fsp3) is 0.875. The highest BCUT2D eigenvalue weighted by atomic mass is 16.1. The SMILES string of the molecule is CC1CCCCN1C(CC(=O)CC=O)C1CCCC1. The van der Waals surface area contributed by atoms with Gasteiger partial charge in [-0.15, -0.1) is 0 Å². The Kier molecular flexibility index (Phi) is 5.56. The molecular weight excluding hydrogens is 238 g/mol. The Labute approximate surface area is 116 Å². The molecule has 2 fully saturated rings. The van der Waals surface area contributed by atoms with E-state index in [2.05, 4.69) is 11.8 Å². The first-order valence-electron chi connectivity index (χ1n) is 7.93. The highest BCUT2D eigenvalue weighted by Crippen LogP contribution is 2.34. The Morgan fingerprint density at radius 3 is 2.53 bits per heavy atom. The Morgan fingerprint density at radius 1 is 1.21 bits per heavy atom. The normalized spacial score (nSPS) is 27.3. The Hall–Kier alpha value is -0.700. The number of rotatable bonds is 6. The lowest BCUT2D eigenvalue weighted by Crippen LogP contribution is -2.48. The molecule has 0 aromatic heterocycles. The molecule has 1 heterocycles. The summed E-state index contributed by atoms with van der Waals surface area (Å²) in [5, 5.41) is 0. The second-order valence-corrected chi connectivity index (χ2v) is 6.31. The third-order valence-corrected chi connectivity index (χ3v) is 4.97. The van der Waals surface area contributed by atoms with Crippen LogP contribution < -0.4 is 0 Å². The monoisotopic (exact) mass is 265 g/mol. The molecule has 2 aliphatic rings. The van der Waals surface area contributed by atoms with Gasteiger partial charge in [0.15, 0.2) is 0 Å². The second kappa shape index (κ2) is 7.18. The van der Waals surface area contributed by atoms with Gasteiger partial charge >= 0.3 is 0 Å². The summed E-state index contributed by atoms with van der Waals surface area (Å²) < 4.78 is 0. The molecule has 3 heteroatoms. The number of nitrogens with zero attached hydrogens (tertiary/aromatic N) is 1. The maximum Gasteiger partial charge on any atom is 0.141 e. The summed E-state index contributed by atoms with van der Waals surface area (Å²) in [6.45, 7) is 3.43. The van der Waals surface area contributed by atoms with E-state index < -0.39 is 0 Å². The number of aldehydes is 1. The van der Waals surface area contributed by atoms with Gasteiger partial charge in [-0.25, -0.2) is 0 Å². The van der Waals surface area contributed by atoms with Crippen LogP contribution in [0.15, 0.2) is 0 Å². The van der Waals surface area contributed by atoms with Crippen molar-refractivity contribution in [1.29, 1.82) is 0 Å². The van der Waals surface area contributed by atoms with Gasteiger partial charge in [0.25, 0.3) is 0 Å². The van der Waals surface area contributed by atoms with Crippen LogP contribution in [0.1, 0.15) is 64.7 Å². The highest BCUT2D eigenvalue weighted by Gasteiger charge is 2.34. The van der Waals surface area contributed by atoms with E-state index in [0.29, 0.717) is 24.4 Å². The van der Waals surface area contributed by atoms with Gasteiger partial charge in [0.1, 0.15) is 12.1 Å². The van der Waals surface area contributed by atoms with Crippen LogP contribution in [0.25, 0.3) is 0 Å². The molecule has 19 heavy (non-hydrogen) atoms. The number of carbonyl (C=O) groups excluding carboxylic acids is 2. The number of Topliss-reactive ketones (excluding diaryl/α,β-unsaturated/α-hetero) is 1. The molecule has 0 aromatic carbocycles. The van der Waals surface area contributed by atoms with E-state index in [1.807, 2.05) is 0 Å². The van der Waals surface area contributed by atoms with E-state index in [0.717, 1.165) is 12.8 Å². The number of piperidine rings is 1. The molecular formula is C16H27NO2. The summed E-state index contributed by atoms with van der Waals surface area (Å²) in [6, 6.07) is 0.994. The summed E-state index contributed by atoms with van der Waals surface area (Å²) in [4.78, 5) is 25.0. The minimum Gasteiger partial charge on any atom is -0.303 e. The predicted octanol–water partition coefficient (Wildman–Crippen LogP) is 2.97. The van der Waals surface area contributed by atoms with Crippen LogP contribution in [0.2, 0.25) is 0 Å². The van der Waals surface area contributed by atoms with Crippen molar-refractivity contribution < 1.29 is 9.59 Å². The van der Waals surface area contributed by atoms with Crippen LogP contribution in [-0.2, 0) is 9.59 Å². The van der Waals surface area contributed by atoms with E-state index in [-0.39, 0.29) is 12.2 Å².